The number of benzene rings is 2. The number of nitrogens with zero attached hydrogens (tertiary/aromatic N) is 1. The predicted molar refractivity (Wildman–Crippen MR) is 93.3 cm³/mol. The number of aromatic amines is 1. The van der Waals surface area contributed by atoms with E-state index in [1.807, 2.05) is 25.2 Å². The van der Waals surface area contributed by atoms with Crippen LogP contribution in [-0.2, 0) is 0 Å². The summed E-state index contributed by atoms with van der Waals surface area (Å²) in [4.78, 5) is 8.32. The second-order valence-electron chi connectivity index (χ2n) is 5.60. The zero-order valence-electron chi connectivity index (χ0n) is 12.6. The van der Waals surface area contributed by atoms with Gasteiger partial charge in [0, 0.05) is 18.1 Å². The van der Waals surface area contributed by atoms with E-state index < -0.39 is 0 Å². The normalized spacial score (nSPS) is 11.2. The lowest BCUT2D eigenvalue weighted by atomic mass is 10.1. The number of aryl methyl sites for hydroxylation is 1. The third-order valence-electron chi connectivity index (χ3n) is 4.00. The molecule has 0 bridgehead atoms. The van der Waals surface area contributed by atoms with Crippen LogP contribution in [0.4, 0.5) is 5.69 Å². The SMILES string of the molecule is CNc1cc(C)cc2cc3[nH]c(-c4ccccc4)cc3nc12. The van der Waals surface area contributed by atoms with Gasteiger partial charge in [0.25, 0.3) is 0 Å². The first-order valence-corrected chi connectivity index (χ1v) is 7.42. The van der Waals surface area contributed by atoms with Crippen LogP contribution in [0.1, 0.15) is 5.56 Å². The smallest absolute Gasteiger partial charge is 0.0942 e. The van der Waals surface area contributed by atoms with Crippen LogP contribution < -0.4 is 5.32 Å². The first-order valence-electron chi connectivity index (χ1n) is 7.42. The van der Waals surface area contributed by atoms with Crippen molar-refractivity contribution in [2.45, 2.75) is 6.92 Å². The second kappa shape index (κ2) is 4.88. The maximum absolute atomic E-state index is 4.84. The number of nitrogens with one attached hydrogen (secondary N) is 2. The summed E-state index contributed by atoms with van der Waals surface area (Å²) in [6.07, 6.45) is 0. The van der Waals surface area contributed by atoms with Gasteiger partial charge in [0.2, 0.25) is 0 Å². The summed E-state index contributed by atoms with van der Waals surface area (Å²) in [6.45, 7) is 2.11. The van der Waals surface area contributed by atoms with Crippen LogP contribution in [0, 0.1) is 6.92 Å². The highest BCUT2D eigenvalue weighted by molar-refractivity contribution is 5.99. The highest BCUT2D eigenvalue weighted by atomic mass is 14.9. The fourth-order valence-electron chi connectivity index (χ4n) is 2.94. The van der Waals surface area contributed by atoms with Crippen LogP contribution in [-0.4, -0.2) is 17.0 Å². The molecule has 4 aromatic rings. The molecule has 108 valence electrons. The lowest BCUT2D eigenvalue weighted by Crippen LogP contribution is -1.93. The number of rotatable bonds is 2. The van der Waals surface area contributed by atoms with E-state index in [-0.39, 0.29) is 0 Å². The number of pyridine rings is 1. The fraction of sp³-hybridized carbons (Fsp3) is 0.105. The molecule has 2 aromatic carbocycles. The molecule has 0 spiro atoms. The molecule has 0 saturated heterocycles. The van der Waals surface area contributed by atoms with Crippen molar-refractivity contribution < 1.29 is 0 Å². The molecule has 0 atom stereocenters. The summed E-state index contributed by atoms with van der Waals surface area (Å²) < 4.78 is 0. The fourth-order valence-corrected chi connectivity index (χ4v) is 2.94. The highest BCUT2D eigenvalue weighted by Crippen LogP contribution is 2.29. The Morgan fingerprint density at radius 1 is 1.00 bits per heavy atom. The zero-order chi connectivity index (χ0) is 15.1. The minimum atomic E-state index is 0.992. The van der Waals surface area contributed by atoms with Gasteiger partial charge in [-0.25, -0.2) is 4.98 Å². The summed E-state index contributed by atoms with van der Waals surface area (Å²) in [6, 6.07) is 18.9. The van der Waals surface area contributed by atoms with Gasteiger partial charge in [-0.3, -0.25) is 0 Å². The maximum atomic E-state index is 4.84. The maximum Gasteiger partial charge on any atom is 0.0942 e. The van der Waals surface area contributed by atoms with E-state index >= 15 is 0 Å². The molecular weight excluding hydrogens is 270 g/mol. The van der Waals surface area contributed by atoms with Gasteiger partial charge in [-0.05, 0) is 42.3 Å². The van der Waals surface area contributed by atoms with Gasteiger partial charge in [0.1, 0.15) is 0 Å². The molecule has 2 aromatic heterocycles. The molecule has 0 amide bonds. The van der Waals surface area contributed by atoms with Crippen molar-refractivity contribution in [2.75, 3.05) is 12.4 Å². The van der Waals surface area contributed by atoms with E-state index in [2.05, 4.69) is 53.6 Å². The van der Waals surface area contributed by atoms with E-state index in [0.717, 1.165) is 33.3 Å². The molecular formula is C19H17N3. The Morgan fingerprint density at radius 2 is 1.82 bits per heavy atom. The van der Waals surface area contributed by atoms with E-state index in [9.17, 15) is 0 Å². The van der Waals surface area contributed by atoms with Crippen molar-refractivity contribution in [3.8, 4) is 11.3 Å². The molecule has 0 saturated carbocycles. The number of hydrogen-bond donors (Lipinski definition) is 2. The van der Waals surface area contributed by atoms with Crippen LogP contribution in [0.25, 0.3) is 33.2 Å². The van der Waals surface area contributed by atoms with Gasteiger partial charge in [0.05, 0.1) is 22.2 Å². The Hall–Kier alpha value is -2.81. The van der Waals surface area contributed by atoms with E-state index in [4.69, 9.17) is 4.98 Å². The van der Waals surface area contributed by atoms with Crippen molar-refractivity contribution in [3.63, 3.8) is 0 Å². The molecule has 0 aliphatic heterocycles. The molecule has 0 unspecified atom stereocenters. The second-order valence-corrected chi connectivity index (χ2v) is 5.60. The molecule has 22 heavy (non-hydrogen) atoms. The van der Waals surface area contributed by atoms with Gasteiger partial charge in [-0.1, -0.05) is 30.3 Å². The van der Waals surface area contributed by atoms with Gasteiger partial charge >= 0.3 is 0 Å². The molecule has 0 radical (unpaired) electrons. The van der Waals surface area contributed by atoms with Gasteiger partial charge in [0.15, 0.2) is 0 Å². The van der Waals surface area contributed by atoms with Gasteiger partial charge < -0.3 is 10.3 Å². The van der Waals surface area contributed by atoms with Crippen LogP contribution in [0.5, 0.6) is 0 Å². The lowest BCUT2D eigenvalue weighted by Gasteiger charge is -2.07. The van der Waals surface area contributed by atoms with Gasteiger partial charge in [-0.2, -0.15) is 0 Å². The Kier molecular flexibility index (Phi) is 2.86. The van der Waals surface area contributed by atoms with Crippen LogP contribution >= 0.6 is 0 Å². The van der Waals surface area contributed by atoms with Crippen molar-refractivity contribution in [1.82, 2.24) is 9.97 Å². The first-order chi connectivity index (χ1) is 10.7. The zero-order valence-corrected chi connectivity index (χ0v) is 12.6. The highest BCUT2D eigenvalue weighted by Gasteiger charge is 2.09. The van der Waals surface area contributed by atoms with E-state index in [1.54, 1.807) is 0 Å². The minimum Gasteiger partial charge on any atom is -0.386 e. The summed E-state index contributed by atoms with van der Waals surface area (Å²) in [7, 11) is 1.94. The Balaban J connectivity index is 1.98. The summed E-state index contributed by atoms with van der Waals surface area (Å²) >= 11 is 0. The molecule has 2 heterocycles. The van der Waals surface area contributed by atoms with Crippen molar-refractivity contribution in [1.29, 1.82) is 0 Å². The minimum absolute atomic E-state index is 0.992. The number of fused-ring (bicyclic) bond motifs is 2. The predicted octanol–water partition coefficient (Wildman–Crippen LogP) is 4.73. The molecule has 0 aliphatic carbocycles. The van der Waals surface area contributed by atoms with Crippen molar-refractivity contribution >= 4 is 27.6 Å². The Morgan fingerprint density at radius 3 is 2.59 bits per heavy atom. The average molecular weight is 287 g/mol. The number of anilines is 1. The van der Waals surface area contributed by atoms with Crippen molar-refractivity contribution in [2.24, 2.45) is 0 Å². The monoisotopic (exact) mass is 287 g/mol. The van der Waals surface area contributed by atoms with Crippen LogP contribution in [0.15, 0.2) is 54.6 Å². The molecule has 0 fully saturated rings. The lowest BCUT2D eigenvalue weighted by molar-refractivity contribution is 1.41. The average Bonchev–Trinajstić information content (AvgIpc) is 2.95. The Labute approximate surface area is 129 Å². The number of aromatic nitrogens is 2. The largest absolute Gasteiger partial charge is 0.386 e. The number of H-pyrrole nitrogens is 1. The third kappa shape index (κ3) is 2.02. The molecule has 3 heteroatoms. The topological polar surface area (TPSA) is 40.7 Å². The molecule has 0 aliphatic rings. The number of hydrogen-bond acceptors (Lipinski definition) is 2. The summed E-state index contributed by atoms with van der Waals surface area (Å²) in [5, 5.41) is 4.39. The van der Waals surface area contributed by atoms with Crippen LogP contribution in [0.3, 0.4) is 0 Å². The van der Waals surface area contributed by atoms with E-state index in [1.165, 1.54) is 11.1 Å². The summed E-state index contributed by atoms with van der Waals surface area (Å²) in [5.74, 6) is 0. The third-order valence-corrected chi connectivity index (χ3v) is 4.00. The Bertz CT molecular complexity index is 968. The van der Waals surface area contributed by atoms with E-state index in [0.29, 0.717) is 0 Å². The standard InChI is InChI=1S/C19H17N3/c1-12-8-14-10-16-17(22-19(14)18(9-12)20-2)11-15(21-16)13-6-4-3-5-7-13/h3-11,20-21H,1-2H3. The first kappa shape index (κ1) is 12.9. The van der Waals surface area contributed by atoms with Crippen molar-refractivity contribution in [3.05, 3.63) is 60.2 Å². The molecule has 2 N–H and O–H groups in total. The molecule has 4 rings (SSSR count). The molecule has 3 nitrogen and oxygen atoms in total. The summed E-state index contributed by atoms with van der Waals surface area (Å²) in [5.41, 5.74) is 7.65. The van der Waals surface area contributed by atoms with Gasteiger partial charge in [-0.15, -0.1) is 0 Å². The van der Waals surface area contributed by atoms with Crippen LogP contribution in [0.2, 0.25) is 0 Å². The quantitative estimate of drug-likeness (QED) is 0.559.